The zero-order valence-corrected chi connectivity index (χ0v) is 21.2. The summed E-state index contributed by atoms with van der Waals surface area (Å²) in [6.45, 7) is 0. The van der Waals surface area contributed by atoms with Gasteiger partial charge in [0.15, 0.2) is 22.9 Å². The smallest absolute Gasteiger partial charge is 0.192 e. The minimum absolute atomic E-state index is 0.0911. The van der Waals surface area contributed by atoms with Gasteiger partial charge in [0.1, 0.15) is 5.75 Å². The van der Waals surface area contributed by atoms with E-state index in [1.807, 2.05) is 48.5 Å². The Morgan fingerprint density at radius 3 is 2.14 bits per heavy atom. The number of ether oxygens (including phenoxy) is 1. The average Bonchev–Trinajstić information content (AvgIpc) is 3.55. The molecular weight excluding hydrogens is 490 g/mol. The van der Waals surface area contributed by atoms with Gasteiger partial charge in [0.05, 0.1) is 12.5 Å². The van der Waals surface area contributed by atoms with Gasteiger partial charge in [-0.05, 0) is 23.8 Å². The molecule has 2 saturated heterocycles. The van der Waals surface area contributed by atoms with Crippen LogP contribution in [0.25, 0.3) is 0 Å². The number of carbonyl (C=O) groups is 3. The molecule has 3 atom stereocenters. The lowest BCUT2D eigenvalue weighted by atomic mass is 9.58. The molecule has 2 spiro atoms. The molecular formula is C29H23NO4S2. The molecule has 0 unspecified atom stereocenters. The number of methoxy groups -OCH3 is 1. The second kappa shape index (κ2) is 7.81. The van der Waals surface area contributed by atoms with Crippen molar-refractivity contribution in [2.24, 2.45) is 5.41 Å². The van der Waals surface area contributed by atoms with Gasteiger partial charge in [0, 0.05) is 50.9 Å². The molecule has 3 aromatic rings. The van der Waals surface area contributed by atoms with E-state index in [2.05, 4.69) is 4.90 Å². The summed E-state index contributed by atoms with van der Waals surface area (Å²) in [5, 5.41) is 0. The quantitative estimate of drug-likeness (QED) is 0.449. The first-order valence-corrected chi connectivity index (χ1v) is 14.1. The van der Waals surface area contributed by atoms with E-state index in [0.29, 0.717) is 28.3 Å². The summed E-state index contributed by atoms with van der Waals surface area (Å²) in [4.78, 5) is 46.9. The van der Waals surface area contributed by atoms with Crippen LogP contribution in [0.5, 0.6) is 5.75 Å². The van der Waals surface area contributed by atoms with Crippen LogP contribution >= 0.6 is 23.5 Å². The highest BCUT2D eigenvalue weighted by molar-refractivity contribution is 7.99. The number of carbonyl (C=O) groups excluding carboxylic acids is 3. The van der Waals surface area contributed by atoms with E-state index in [1.54, 1.807) is 54.9 Å². The van der Waals surface area contributed by atoms with Crippen LogP contribution in [0, 0.1) is 5.41 Å². The largest absolute Gasteiger partial charge is 0.497 e. The lowest BCUT2D eigenvalue weighted by Crippen LogP contribution is -2.66. The highest BCUT2D eigenvalue weighted by Crippen LogP contribution is 2.67. The van der Waals surface area contributed by atoms with Crippen LogP contribution in [0.3, 0.4) is 0 Å². The van der Waals surface area contributed by atoms with Crippen LogP contribution in [0.15, 0.2) is 77.7 Å². The van der Waals surface area contributed by atoms with Gasteiger partial charge in [0.25, 0.3) is 0 Å². The van der Waals surface area contributed by atoms with Crippen molar-refractivity contribution < 1.29 is 19.1 Å². The number of ketones is 3. The van der Waals surface area contributed by atoms with Crippen molar-refractivity contribution in [3.8, 4) is 5.75 Å². The first kappa shape index (κ1) is 22.3. The van der Waals surface area contributed by atoms with E-state index in [1.165, 1.54) is 0 Å². The van der Waals surface area contributed by atoms with Crippen molar-refractivity contribution in [1.82, 2.24) is 4.90 Å². The topological polar surface area (TPSA) is 63.7 Å². The molecule has 36 heavy (non-hydrogen) atoms. The molecule has 0 radical (unpaired) electrons. The molecule has 3 heterocycles. The van der Waals surface area contributed by atoms with Crippen LogP contribution < -0.4 is 4.74 Å². The normalized spacial score (nSPS) is 28.0. The first-order chi connectivity index (χ1) is 17.6. The molecule has 7 heteroatoms. The lowest BCUT2D eigenvalue weighted by Gasteiger charge is -2.47. The van der Waals surface area contributed by atoms with Crippen molar-refractivity contribution in [3.63, 3.8) is 0 Å². The van der Waals surface area contributed by atoms with E-state index in [-0.39, 0.29) is 29.3 Å². The number of nitrogens with zero attached hydrogens (tertiary/aromatic N) is 1. The number of thioether (sulfide) groups is 2. The van der Waals surface area contributed by atoms with Crippen LogP contribution in [0.4, 0.5) is 0 Å². The Bertz CT molecular complexity index is 1420. The highest BCUT2D eigenvalue weighted by atomic mass is 32.2. The Morgan fingerprint density at radius 2 is 1.47 bits per heavy atom. The molecule has 3 aromatic carbocycles. The Hall–Kier alpha value is -2.87. The maximum Gasteiger partial charge on any atom is 0.192 e. The summed E-state index contributed by atoms with van der Waals surface area (Å²) in [6.07, 6.45) is 0. The second-order valence-corrected chi connectivity index (χ2v) is 11.8. The molecule has 3 aliphatic heterocycles. The van der Waals surface area contributed by atoms with Gasteiger partial charge in [0.2, 0.25) is 0 Å². The lowest BCUT2D eigenvalue weighted by molar-refractivity contribution is 0.0340. The van der Waals surface area contributed by atoms with Gasteiger partial charge in [-0.25, -0.2) is 0 Å². The minimum atomic E-state index is -1.55. The summed E-state index contributed by atoms with van der Waals surface area (Å²) in [5.41, 5.74) is -0.326. The van der Waals surface area contributed by atoms with E-state index < -0.39 is 11.0 Å². The van der Waals surface area contributed by atoms with Gasteiger partial charge in [-0.3, -0.25) is 19.3 Å². The van der Waals surface area contributed by atoms with Gasteiger partial charge < -0.3 is 4.74 Å². The van der Waals surface area contributed by atoms with Crippen molar-refractivity contribution in [3.05, 3.63) is 95.1 Å². The van der Waals surface area contributed by atoms with E-state index in [9.17, 15) is 14.4 Å². The monoisotopic (exact) mass is 513 g/mol. The summed E-state index contributed by atoms with van der Waals surface area (Å²) >= 11 is 3.32. The van der Waals surface area contributed by atoms with Crippen molar-refractivity contribution >= 4 is 40.9 Å². The molecule has 7 rings (SSSR count). The van der Waals surface area contributed by atoms with Crippen LogP contribution in [0.2, 0.25) is 0 Å². The minimum Gasteiger partial charge on any atom is -0.497 e. The molecule has 0 N–H and O–H groups in total. The van der Waals surface area contributed by atoms with E-state index in [0.717, 1.165) is 22.0 Å². The third kappa shape index (κ3) is 2.51. The van der Waals surface area contributed by atoms with Gasteiger partial charge in [-0.1, -0.05) is 54.6 Å². The maximum atomic E-state index is 14.8. The molecule has 1 aliphatic carbocycles. The number of rotatable bonds is 2. The van der Waals surface area contributed by atoms with Crippen molar-refractivity contribution in [2.75, 3.05) is 24.5 Å². The number of hydrogen-bond acceptors (Lipinski definition) is 7. The van der Waals surface area contributed by atoms with Gasteiger partial charge in [-0.15, -0.1) is 23.5 Å². The summed E-state index contributed by atoms with van der Waals surface area (Å²) in [7, 11) is 1.63. The number of hydrogen-bond donors (Lipinski definition) is 0. The van der Waals surface area contributed by atoms with Crippen molar-refractivity contribution in [1.29, 1.82) is 0 Å². The number of benzene rings is 3. The Labute approximate surface area is 217 Å². The molecule has 4 aliphatic rings. The molecule has 180 valence electrons. The molecule has 0 aromatic heterocycles. The van der Waals surface area contributed by atoms with E-state index in [4.69, 9.17) is 4.74 Å². The molecule has 2 fully saturated rings. The fourth-order valence-electron chi connectivity index (χ4n) is 7.02. The predicted molar refractivity (Wildman–Crippen MR) is 140 cm³/mol. The summed E-state index contributed by atoms with van der Waals surface area (Å²) < 4.78 is 5.40. The fourth-order valence-corrected chi connectivity index (χ4v) is 9.72. The first-order valence-electron chi connectivity index (χ1n) is 12.0. The third-order valence-electron chi connectivity index (χ3n) is 8.45. The summed E-state index contributed by atoms with van der Waals surface area (Å²) in [5.74, 6) is 1.57. The SMILES string of the molecule is COc1ccc([C@@H]2[C@H]3CSCN3C3(C(=O)c4ccccc4C3=O)[C@]23CSc2ccccc2C3=O)cc1. The predicted octanol–water partition coefficient (Wildman–Crippen LogP) is 4.96. The fraction of sp³-hybridized carbons (Fsp3) is 0.276. The Balaban J connectivity index is 1.54. The molecule has 0 saturated carbocycles. The molecule has 0 amide bonds. The Morgan fingerprint density at radius 1 is 0.833 bits per heavy atom. The average molecular weight is 514 g/mol. The van der Waals surface area contributed by atoms with Crippen molar-refractivity contribution in [2.45, 2.75) is 22.4 Å². The third-order valence-corrected chi connectivity index (χ3v) is 10.8. The second-order valence-electron chi connectivity index (χ2n) is 9.79. The number of fused-ring (bicyclic) bond motifs is 5. The Kier molecular flexibility index (Phi) is 4.85. The molecule has 5 nitrogen and oxygen atoms in total. The number of Topliss-reactive ketones (excluding diaryl/α,β-unsaturated/α-hetero) is 3. The van der Waals surface area contributed by atoms with Crippen LogP contribution in [0.1, 0.15) is 42.6 Å². The summed E-state index contributed by atoms with van der Waals surface area (Å²) in [6, 6.07) is 22.4. The van der Waals surface area contributed by atoms with E-state index >= 15 is 0 Å². The van der Waals surface area contributed by atoms with Crippen LogP contribution in [-0.4, -0.2) is 58.3 Å². The van der Waals surface area contributed by atoms with Gasteiger partial charge >= 0.3 is 0 Å². The van der Waals surface area contributed by atoms with Gasteiger partial charge in [-0.2, -0.15) is 0 Å². The van der Waals surface area contributed by atoms with Crippen LogP contribution in [-0.2, 0) is 0 Å². The zero-order chi connectivity index (χ0) is 24.7. The highest BCUT2D eigenvalue weighted by Gasteiger charge is 2.80. The zero-order valence-electron chi connectivity index (χ0n) is 19.6. The molecule has 0 bridgehead atoms. The maximum absolute atomic E-state index is 14.8. The standard InChI is InChI=1S/C29H23NO4S2/c1-34-18-12-10-17(11-13-18)24-22-14-35-16-30(22)29(26(32)19-6-2-3-7-20(19)27(29)33)28(24)15-36-23-9-5-4-8-21(23)25(28)31/h2-13,22,24H,14-16H2,1H3/t22-,24-,28-/m1/s1.